The summed E-state index contributed by atoms with van der Waals surface area (Å²) in [5, 5.41) is 2.14. The molecule has 0 atom stereocenters. The molecule has 0 amide bonds. The van der Waals surface area contributed by atoms with E-state index in [1.54, 1.807) is 17.7 Å². The number of esters is 1. The number of ether oxygens (including phenoxy) is 1. The van der Waals surface area contributed by atoms with Crippen molar-refractivity contribution in [3.8, 4) is 0 Å². The molecule has 1 aromatic heterocycles. The fourth-order valence-electron chi connectivity index (χ4n) is 0.621. The third-order valence-electron chi connectivity index (χ3n) is 1.16. The SMILES string of the molecule is C=CCCOC(=O)c1nccs1. The molecule has 0 radical (unpaired) electrons. The fourth-order valence-corrected chi connectivity index (χ4v) is 1.15. The van der Waals surface area contributed by atoms with Gasteiger partial charge in [0.05, 0.1) is 6.61 Å². The topological polar surface area (TPSA) is 39.2 Å². The summed E-state index contributed by atoms with van der Waals surface area (Å²) in [7, 11) is 0. The van der Waals surface area contributed by atoms with Crippen LogP contribution in [0.2, 0.25) is 0 Å². The van der Waals surface area contributed by atoms with Crippen LogP contribution in [0, 0.1) is 0 Å². The number of hydrogen-bond acceptors (Lipinski definition) is 4. The Morgan fingerprint density at radius 1 is 1.83 bits per heavy atom. The summed E-state index contributed by atoms with van der Waals surface area (Å²) in [6.45, 7) is 3.89. The van der Waals surface area contributed by atoms with Gasteiger partial charge in [-0.25, -0.2) is 9.78 Å². The minimum atomic E-state index is -0.355. The van der Waals surface area contributed by atoms with Crippen LogP contribution in [-0.4, -0.2) is 17.6 Å². The Bertz CT molecular complexity index is 256. The number of hydrogen-bond donors (Lipinski definition) is 0. The molecule has 0 aliphatic heterocycles. The van der Waals surface area contributed by atoms with Gasteiger partial charge in [-0.15, -0.1) is 17.9 Å². The molecule has 0 N–H and O–H groups in total. The van der Waals surface area contributed by atoms with Crippen LogP contribution in [0.3, 0.4) is 0 Å². The first-order valence-corrected chi connectivity index (χ1v) is 4.40. The van der Waals surface area contributed by atoms with Crippen molar-refractivity contribution in [3.63, 3.8) is 0 Å². The van der Waals surface area contributed by atoms with Gasteiger partial charge in [0.15, 0.2) is 0 Å². The second kappa shape index (κ2) is 4.66. The standard InChI is InChI=1S/C8H9NO2S/c1-2-3-5-11-8(10)7-9-4-6-12-7/h2,4,6H,1,3,5H2. The highest BCUT2D eigenvalue weighted by Gasteiger charge is 2.07. The summed E-state index contributed by atoms with van der Waals surface area (Å²) < 4.78 is 4.86. The van der Waals surface area contributed by atoms with Gasteiger partial charge in [-0.3, -0.25) is 0 Å². The van der Waals surface area contributed by atoms with Gasteiger partial charge in [-0.2, -0.15) is 0 Å². The van der Waals surface area contributed by atoms with Crippen LogP contribution < -0.4 is 0 Å². The summed E-state index contributed by atoms with van der Waals surface area (Å²) >= 11 is 1.28. The first-order chi connectivity index (χ1) is 5.84. The van der Waals surface area contributed by atoms with E-state index >= 15 is 0 Å². The zero-order valence-corrected chi connectivity index (χ0v) is 7.34. The van der Waals surface area contributed by atoms with Crippen molar-refractivity contribution in [2.45, 2.75) is 6.42 Å². The van der Waals surface area contributed by atoms with Crippen molar-refractivity contribution < 1.29 is 9.53 Å². The minimum Gasteiger partial charge on any atom is -0.460 e. The Hall–Kier alpha value is -1.16. The summed E-state index contributed by atoms with van der Waals surface area (Å²) in [5.41, 5.74) is 0. The van der Waals surface area contributed by atoms with Crippen LogP contribution in [0.1, 0.15) is 16.2 Å². The third-order valence-corrected chi connectivity index (χ3v) is 1.92. The van der Waals surface area contributed by atoms with E-state index in [-0.39, 0.29) is 5.97 Å². The molecule has 3 nitrogen and oxygen atoms in total. The normalized spacial score (nSPS) is 9.33. The molecule has 0 aromatic carbocycles. The van der Waals surface area contributed by atoms with Gasteiger partial charge >= 0.3 is 5.97 Å². The molecule has 0 aliphatic carbocycles. The Labute approximate surface area is 74.7 Å². The van der Waals surface area contributed by atoms with E-state index < -0.39 is 0 Å². The highest BCUT2D eigenvalue weighted by atomic mass is 32.1. The van der Waals surface area contributed by atoms with Crippen molar-refractivity contribution in [2.24, 2.45) is 0 Å². The molecule has 0 fully saturated rings. The van der Waals surface area contributed by atoms with Gasteiger partial charge in [0.2, 0.25) is 5.01 Å². The number of carbonyl (C=O) groups is 1. The van der Waals surface area contributed by atoms with Crippen molar-refractivity contribution in [1.29, 1.82) is 0 Å². The van der Waals surface area contributed by atoms with Crippen molar-refractivity contribution in [3.05, 3.63) is 29.2 Å². The molecule has 0 spiro atoms. The highest BCUT2D eigenvalue weighted by molar-refractivity contribution is 7.11. The lowest BCUT2D eigenvalue weighted by atomic mass is 10.4. The monoisotopic (exact) mass is 183 g/mol. The largest absolute Gasteiger partial charge is 0.460 e. The number of carbonyl (C=O) groups excluding carboxylic acids is 1. The van der Waals surface area contributed by atoms with E-state index in [0.29, 0.717) is 18.0 Å². The molecule has 0 unspecified atom stereocenters. The molecule has 12 heavy (non-hydrogen) atoms. The number of nitrogens with zero attached hydrogens (tertiary/aromatic N) is 1. The molecule has 1 aromatic rings. The highest BCUT2D eigenvalue weighted by Crippen LogP contribution is 2.05. The maximum atomic E-state index is 11.1. The summed E-state index contributed by atoms with van der Waals surface area (Å²) in [4.78, 5) is 14.9. The molecule has 0 bridgehead atoms. The lowest BCUT2D eigenvalue weighted by Crippen LogP contribution is -2.04. The lowest BCUT2D eigenvalue weighted by Gasteiger charge is -1.98. The maximum Gasteiger partial charge on any atom is 0.367 e. The molecule has 1 rings (SSSR count). The van der Waals surface area contributed by atoms with Crippen molar-refractivity contribution >= 4 is 17.3 Å². The molecule has 0 saturated carbocycles. The second-order valence-corrected chi connectivity index (χ2v) is 2.95. The Kier molecular flexibility index (Phi) is 3.47. The molecule has 0 saturated heterocycles. The van der Waals surface area contributed by atoms with Gasteiger partial charge < -0.3 is 4.74 Å². The van der Waals surface area contributed by atoms with Crippen LogP contribution in [0.5, 0.6) is 0 Å². The van der Waals surface area contributed by atoms with E-state index in [1.165, 1.54) is 11.3 Å². The first kappa shape index (κ1) is 8.93. The van der Waals surface area contributed by atoms with E-state index in [0.717, 1.165) is 0 Å². The average molecular weight is 183 g/mol. The van der Waals surface area contributed by atoms with E-state index in [9.17, 15) is 4.79 Å². The molecule has 0 aliphatic rings. The molecular weight excluding hydrogens is 174 g/mol. The van der Waals surface area contributed by atoms with Crippen molar-refractivity contribution in [1.82, 2.24) is 4.98 Å². The average Bonchev–Trinajstić information content (AvgIpc) is 2.56. The molecular formula is C8H9NO2S. The summed E-state index contributed by atoms with van der Waals surface area (Å²) in [6.07, 6.45) is 3.96. The predicted molar refractivity (Wildman–Crippen MR) is 47.2 cm³/mol. The van der Waals surface area contributed by atoms with Crippen molar-refractivity contribution in [2.75, 3.05) is 6.61 Å². The first-order valence-electron chi connectivity index (χ1n) is 3.52. The quantitative estimate of drug-likeness (QED) is 0.406. The Balaban J connectivity index is 2.34. The maximum absolute atomic E-state index is 11.1. The van der Waals surface area contributed by atoms with E-state index in [4.69, 9.17) is 4.74 Å². The zero-order valence-electron chi connectivity index (χ0n) is 6.53. The molecule has 4 heteroatoms. The predicted octanol–water partition coefficient (Wildman–Crippen LogP) is 1.88. The summed E-state index contributed by atoms with van der Waals surface area (Å²) in [5.74, 6) is -0.355. The van der Waals surface area contributed by atoms with Crippen LogP contribution in [0.15, 0.2) is 24.2 Å². The summed E-state index contributed by atoms with van der Waals surface area (Å²) in [6, 6.07) is 0. The smallest absolute Gasteiger partial charge is 0.367 e. The van der Waals surface area contributed by atoms with Crippen LogP contribution >= 0.6 is 11.3 Å². The lowest BCUT2D eigenvalue weighted by molar-refractivity contribution is 0.0511. The molecule has 64 valence electrons. The zero-order chi connectivity index (χ0) is 8.81. The van der Waals surface area contributed by atoms with E-state index in [1.807, 2.05) is 0 Å². The van der Waals surface area contributed by atoms with Crippen LogP contribution in [-0.2, 0) is 4.74 Å². The third kappa shape index (κ3) is 2.47. The number of thiazole rings is 1. The minimum absolute atomic E-state index is 0.355. The number of rotatable bonds is 4. The Morgan fingerprint density at radius 2 is 2.67 bits per heavy atom. The Morgan fingerprint density at radius 3 is 3.25 bits per heavy atom. The van der Waals surface area contributed by atoms with Crippen LogP contribution in [0.4, 0.5) is 0 Å². The van der Waals surface area contributed by atoms with Gasteiger partial charge in [-0.05, 0) is 6.42 Å². The second-order valence-electron chi connectivity index (χ2n) is 2.05. The van der Waals surface area contributed by atoms with Gasteiger partial charge in [0, 0.05) is 11.6 Å². The fraction of sp³-hybridized carbons (Fsp3) is 0.250. The van der Waals surface area contributed by atoms with Gasteiger partial charge in [0.1, 0.15) is 0 Å². The van der Waals surface area contributed by atoms with Gasteiger partial charge in [-0.1, -0.05) is 6.08 Å². The van der Waals surface area contributed by atoms with Crippen LogP contribution in [0.25, 0.3) is 0 Å². The molecule has 1 heterocycles. The van der Waals surface area contributed by atoms with Gasteiger partial charge in [0.25, 0.3) is 0 Å². The number of aromatic nitrogens is 1. The van der Waals surface area contributed by atoms with E-state index in [2.05, 4.69) is 11.6 Å².